The Morgan fingerprint density at radius 1 is 1.13 bits per heavy atom. The Morgan fingerprint density at radius 2 is 1.80 bits per heavy atom. The van der Waals surface area contributed by atoms with Crippen LogP contribution in [0.15, 0.2) is 41.5 Å². The topological polar surface area (TPSA) is 20.2 Å². The van der Waals surface area contributed by atoms with Crippen molar-refractivity contribution in [2.75, 3.05) is 0 Å². The highest BCUT2D eigenvalue weighted by Gasteiger charge is 2.24. The molecule has 0 bridgehead atoms. The normalized spacial score (nSPS) is 26.9. The van der Waals surface area contributed by atoms with E-state index in [4.69, 9.17) is 0 Å². The minimum absolute atomic E-state index is 0.246. The molecule has 0 aliphatic heterocycles. The molecule has 15 heavy (non-hydrogen) atoms. The van der Waals surface area contributed by atoms with Crippen LogP contribution in [-0.2, 0) is 0 Å². The zero-order chi connectivity index (χ0) is 10.8. The Bertz CT molecular complexity index is 364. The summed E-state index contributed by atoms with van der Waals surface area (Å²) in [5.74, 6) is 0.491. The summed E-state index contributed by atoms with van der Waals surface area (Å²) in [6.07, 6.45) is 1.71. The molecule has 1 N–H and O–H groups in total. The summed E-state index contributed by atoms with van der Waals surface area (Å²) in [5, 5.41) is 9.92. The summed E-state index contributed by atoms with van der Waals surface area (Å²) < 4.78 is 0. The van der Waals surface area contributed by atoms with Crippen LogP contribution in [0.3, 0.4) is 0 Å². The molecule has 2 atom stereocenters. The van der Waals surface area contributed by atoms with Gasteiger partial charge in [0.1, 0.15) is 0 Å². The molecule has 1 aromatic carbocycles. The standard InChI is InChI=1S/C14H18O/c1-10-8-13(9-14(15)11(10)2)12-6-4-3-5-7-12/h3-7,13-15H,8-9H2,1-2H3/t13-,14-/m0/s1. The highest BCUT2D eigenvalue weighted by molar-refractivity contribution is 5.27. The number of aliphatic hydroxyl groups is 1. The fourth-order valence-electron chi connectivity index (χ4n) is 2.32. The van der Waals surface area contributed by atoms with Crippen molar-refractivity contribution in [1.82, 2.24) is 0 Å². The van der Waals surface area contributed by atoms with Gasteiger partial charge in [-0.15, -0.1) is 0 Å². The van der Waals surface area contributed by atoms with Crippen LogP contribution in [0.5, 0.6) is 0 Å². The molecule has 0 saturated carbocycles. The molecular weight excluding hydrogens is 184 g/mol. The van der Waals surface area contributed by atoms with E-state index in [1.165, 1.54) is 16.7 Å². The smallest absolute Gasteiger partial charge is 0.0755 e. The molecule has 2 rings (SSSR count). The molecule has 0 radical (unpaired) electrons. The lowest BCUT2D eigenvalue weighted by atomic mass is 9.79. The quantitative estimate of drug-likeness (QED) is 0.693. The number of hydrogen-bond acceptors (Lipinski definition) is 1. The van der Waals surface area contributed by atoms with Crippen LogP contribution in [0.4, 0.5) is 0 Å². The van der Waals surface area contributed by atoms with Gasteiger partial charge >= 0.3 is 0 Å². The molecular formula is C14H18O. The van der Waals surface area contributed by atoms with Gasteiger partial charge in [-0.25, -0.2) is 0 Å². The maximum atomic E-state index is 9.92. The molecule has 0 aromatic heterocycles. The van der Waals surface area contributed by atoms with E-state index in [-0.39, 0.29) is 6.10 Å². The molecule has 0 saturated heterocycles. The second-order valence-electron chi connectivity index (χ2n) is 4.53. The molecule has 1 aliphatic carbocycles. The van der Waals surface area contributed by atoms with Crippen LogP contribution < -0.4 is 0 Å². The minimum Gasteiger partial charge on any atom is -0.389 e. The van der Waals surface area contributed by atoms with Crippen molar-refractivity contribution in [3.05, 3.63) is 47.0 Å². The molecule has 1 aromatic rings. The summed E-state index contributed by atoms with van der Waals surface area (Å²) in [5.41, 5.74) is 3.87. The van der Waals surface area contributed by atoms with E-state index in [9.17, 15) is 5.11 Å². The van der Waals surface area contributed by atoms with E-state index in [1.54, 1.807) is 0 Å². The van der Waals surface area contributed by atoms with E-state index >= 15 is 0 Å². The first kappa shape index (κ1) is 10.4. The lowest BCUT2D eigenvalue weighted by molar-refractivity contribution is 0.179. The Balaban J connectivity index is 2.22. The first-order chi connectivity index (χ1) is 7.18. The van der Waals surface area contributed by atoms with Gasteiger partial charge in [-0.3, -0.25) is 0 Å². The molecule has 0 amide bonds. The minimum atomic E-state index is -0.246. The maximum absolute atomic E-state index is 9.92. The summed E-state index contributed by atoms with van der Waals surface area (Å²) in [6.45, 7) is 4.18. The molecule has 0 spiro atoms. The van der Waals surface area contributed by atoms with Crippen molar-refractivity contribution in [3.63, 3.8) is 0 Å². The Morgan fingerprint density at radius 3 is 2.40 bits per heavy atom. The van der Waals surface area contributed by atoms with Crippen molar-refractivity contribution in [3.8, 4) is 0 Å². The summed E-state index contributed by atoms with van der Waals surface area (Å²) in [6, 6.07) is 10.5. The zero-order valence-electron chi connectivity index (χ0n) is 9.40. The summed E-state index contributed by atoms with van der Waals surface area (Å²) >= 11 is 0. The monoisotopic (exact) mass is 202 g/mol. The molecule has 1 nitrogen and oxygen atoms in total. The zero-order valence-corrected chi connectivity index (χ0v) is 9.40. The van der Waals surface area contributed by atoms with Gasteiger partial charge < -0.3 is 5.11 Å². The van der Waals surface area contributed by atoms with Crippen molar-refractivity contribution >= 4 is 0 Å². The van der Waals surface area contributed by atoms with Crippen LogP contribution in [0.25, 0.3) is 0 Å². The van der Waals surface area contributed by atoms with E-state index in [2.05, 4.69) is 31.2 Å². The predicted molar refractivity (Wildman–Crippen MR) is 62.8 cm³/mol. The second-order valence-corrected chi connectivity index (χ2v) is 4.53. The van der Waals surface area contributed by atoms with Crippen molar-refractivity contribution < 1.29 is 5.11 Å². The maximum Gasteiger partial charge on any atom is 0.0755 e. The van der Waals surface area contributed by atoms with Crippen LogP contribution in [-0.4, -0.2) is 11.2 Å². The number of aliphatic hydroxyl groups excluding tert-OH is 1. The molecule has 1 heteroatoms. The molecule has 1 aliphatic rings. The molecule has 80 valence electrons. The fourth-order valence-corrected chi connectivity index (χ4v) is 2.32. The highest BCUT2D eigenvalue weighted by atomic mass is 16.3. The second kappa shape index (κ2) is 4.19. The Labute approximate surface area is 91.4 Å². The SMILES string of the molecule is CC1=C(C)[C@@H](O)C[C@@H](c2ccccc2)C1. The summed E-state index contributed by atoms with van der Waals surface area (Å²) in [4.78, 5) is 0. The Hall–Kier alpha value is -1.08. The van der Waals surface area contributed by atoms with E-state index in [0.29, 0.717) is 5.92 Å². The van der Waals surface area contributed by atoms with Gasteiger partial charge in [0.2, 0.25) is 0 Å². The van der Waals surface area contributed by atoms with Gasteiger partial charge in [0.25, 0.3) is 0 Å². The number of benzene rings is 1. The highest BCUT2D eigenvalue weighted by Crippen LogP contribution is 2.35. The summed E-state index contributed by atoms with van der Waals surface area (Å²) in [7, 11) is 0. The van der Waals surface area contributed by atoms with Gasteiger partial charge in [-0.2, -0.15) is 0 Å². The predicted octanol–water partition coefficient (Wildman–Crippen LogP) is 3.26. The third-order valence-corrected chi connectivity index (χ3v) is 3.50. The number of rotatable bonds is 1. The van der Waals surface area contributed by atoms with Gasteiger partial charge in [0, 0.05) is 0 Å². The number of hydrogen-bond donors (Lipinski definition) is 1. The first-order valence-corrected chi connectivity index (χ1v) is 5.57. The van der Waals surface area contributed by atoms with Crippen LogP contribution >= 0.6 is 0 Å². The first-order valence-electron chi connectivity index (χ1n) is 5.57. The average Bonchev–Trinajstić information content (AvgIpc) is 2.26. The van der Waals surface area contributed by atoms with Gasteiger partial charge in [-0.05, 0) is 43.7 Å². The van der Waals surface area contributed by atoms with Gasteiger partial charge in [0.05, 0.1) is 6.10 Å². The molecule has 0 fully saturated rings. The fraction of sp³-hybridized carbons (Fsp3) is 0.429. The lowest BCUT2D eigenvalue weighted by Crippen LogP contribution is -2.20. The van der Waals surface area contributed by atoms with Crippen LogP contribution in [0.1, 0.15) is 38.2 Å². The van der Waals surface area contributed by atoms with Crippen LogP contribution in [0.2, 0.25) is 0 Å². The van der Waals surface area contributed by atoms with Gasteiger partial charge in [-0.1, -0.05) is 35.9 Å². The van der Waals surface area contributed by atoms with Crippen molar-refractivity contribution in [1.29, 1.82) is 0 Å². The van der Waals surface area contributed by atoms with E-state index in [1.807, 2.05) is 13.0 Å². The molecule has 0 unspecified atom stereocenters. The van der Waals surface area contributed by atoms with Crippen molar-refractivity contribution in [2.24, 2.45) is 0 Å². The van der Waals surface area contributed by atoms with Gasteiger partial charge in [0.15, 0.2) is 0 Å². The van der Waals surface area contributed by atoms with Crippen LogP contribution in [0, 0.1) is 0 Å². The lowest BCUT2D eigenvalue weighted by Gasteiger charge is -2.28. The third-order valence-electron chi connectivity index (χ3n) is 3.50. The van der Waals surface area contributed by atoms with E-state index < -0.39 is 0 Å². The molecule has 0 heterocycles. The number of allylic oxidation sites excluding steroid dienone is 1. The van der Waals surface area contributed by atoms with E-state index in [0.717, 1.165) is 12.8 Å². The Kier molecular flexibility index (Phi) is 2.92. The average molecular weight is 202 g/mol. The third kappa shape index (κ3) is 2.13. The largest absolute Gasteiger partial charge is 0.389 e. The van der Waals surface area contributed by atoms with Crippen molar-refractivity contribution in [2.45, 2.75) is 38.7 Å².